The number of carbonyl (C=O) groups excluding carboxylic acids is 1. The van der Waals surface area contributed by atoms with Crippen molar-refractivity contribution < 1.29 is 9.90 Å². The summed E-state index contributed by atoms with van der Waals surface area (Å²) in [5.74, 6) is -0.738. The van der Waals surface area contributed by atoms with E-state index in [9.17, 15) is 14.4 Å². The molecule has 1 rings (SSSR count). The van der Waals surface area contributed by atoms with E-state index in [1.54, 1.807) is 0 Å². The molecule has 0 aliphatic rings. The van der Waals surface area contributed by atoms with Gasteiger partial charge in [-0.3, -0.25) is 19.1 Å². The van der Waals surface area contributed by atoms with Crippen molar-refractivity contribution in [1.82, 2.24) is 9.55 Å². The van der Waals surface area contributed by atoms with Crippen LogP contribution in [0.2, 0.25) is 0 Å². The van der Waals surface area contributed by atoms with Crippen molar-refractivity contribution in [2.24, 2.45) is 5.73 Å². The number of hydrogen-bond acceptors (Lipinski definition) is 4. The molecule has 7 heteroatoms. The van der Waals surface area contributed by atoms with Gasteiger partial charge in [0.25, 0.3) is 5.56 Å². The lowest BCUT2D eigenvalue weighted by atomic mass is 10.2. The van der Waals surface area contributed by atoms with Crippen LogP contribution in [0.4, 0.5) is 0 Å². The molecule has 1 aromatic rings. The van der Waals surface area contributed by atoms with Crippen LogP contribution in [-0.2, 0) is 4.79 Å². The minimum Gasteiger partial charge on any atom is -0.396 e. The molecule has 7 nitrogen and oxygen atoms in total. The van der Waals surface area contributed by atoms with Gasteiger partial charge >= 0.3 is 5.69 Å². The summed E-state index contributed by atoms with van der Waals surface area (Å²) in [6, 6.07) is 0.161. The van der Waals surface area contributed by atoms with Gasteiger partial charge in [-0.2, -0.15) is 0 Å². The molecule has 1 heterocycles. The molecule has 0 fully saturated rings. The first-order valence-corrected chi connectivity index (χ1v) is 4.28. The number of hydrogen-bond donors (Lipinski definition) is 3. The standard InChI is InChI=1S/C8H11N3O4/c9-7(14)5(2-4-12)11-3-1-6(13)10-8(11)15/h1,3,5,12H,2,4H2,(H2,9,14)(H,10,13,15). The molecule has 0 aliphatic carbocycles. The van der Waals surface area contributed by atoms with E-state index in [1.165, 1.54) is 6.20 Å². The van der Waals surface area contributed by atoms with Gasteiger partial charge in [-0.05, 0) is 0 Å². The summed E-state index contributed by atoms with van der Waals surface area (Å²) in [4.78, 5) is 35.0. The number of rotatable bonds is 4. The zero-order chi connectivity index (χ0) is 11.4. The van der Waals surface area contributed by atoms with Crippen LogP contribution in [-0.4, -0.2) is 27.2 Å². The fourth-order valence-corrected chi connectivity index (χ4v) is 1.21. The Balaban J connectivity index is 3.17. The Morgan fingerprint density at radius 3 is 2.73 bits per heavy atom. The molecular formula is C8H11N3O4. The Kier molecular flexibility index (Phi) is 3.40. The van der Waals surface area contributed by atoms with Gasteiger partial charge in [0.2, 0.25) is 5.91 Å². The third-order valence-electron chi connectivity index (χ3n) is 1.92. The van der Waals surface area contributed by atoms with Gasteiger partial charge in [-0.25, -0.2) is 4.79 Å². The van der Waals surface area contributed by atoms with E-state index in [2.05, 4.69) is 0 Å². The number of aliphatic hydroxyl groups is 1. The van der Waals surface area contributed by atoms with E-state index in [4.69, 9.17) is 10.8 Å². The summed E-state index contributed by atoms with van der Waals surface area (Å²) >= 11 is 0. The van der Waals surface area contributed by atoms with E-state index in [1.807, 2.05) is 4.98 Å². The SMILES string of the molecule is NC(=O)C(CCO)n1ccc(=O)[nH]c1=O. The number of H-pyrrole nitrogens is 1. The lowest BCUT2D eigenvalue weighted by Crippen LogP contribution is -2.37. The number of carbonyl (C=O) groups is 1. The highest BCUT2D eigenvalue weighted by Gasteiger charge is 2.17. The Hall–Kier alpha value is -1.89. The highest BCUT2D eigenvalue weighted by Crippen LogP contribution is 2.05. The maximum Gasteiger partial charge on any atom is 0.329 e. The predicted molar refractivity (Wildman–Crippen MR) is 51.3 cm³/mol. The summed E-state index contributed by atoms with van der Waals surface area (Å²) in [6.45, 7) is -0.279. The number of aliphatic hydroxyl groups excluding tert-OH is 1. The number of amides is 1. The molecule has 1 atom stereocenters. The Morgan fingerprint density at radius 1 is 1.60 bits per heavy atom. The average Bonchev–Trinajstić information content (AvgIpc) is 2.15. The molecule has 0 bridgehead atoms. The molecule has 0 saturated carbocycles. The van der Waals surface area contributed by atoms with Crippen molar-refractivity contribution in [3.63, 3.8) is 0 Å². The van der Waals surface area contributed by atoms with Crippen LogP contribution in [0.5, 0.6) is 0 Å². The van der Waals surface area contributed by atoms with Gasteiger partial charge in [-0.1, -0.05) is 0 Å². The summed E-state index contributed by atoms with van der Waals surface area (Å²) in [6.07, 6.45) is 1.20. The van der Waals surface area contributed by atoms with Crippen LogP contribution >= 0.6 is 0 Å². The van der Waals surface area contributed by atoms with Gasteiger partial charge in [0.1, 0.15) is 6.04 Å². The molecule has 0 radical (unpaired) electrons. The fourth-order valence-electron chi connectivity index (χ4n) is 1.21. The van der Waals surface area contributed by atoms with Crippen LogP contribution in [0.1, 0.15) is 12.5 Å². The smallest absolute Gasteiger partial charge is 0.329 e. The molecule has 0 aromatic carbocycles. The normalized spacial score (nSPS) is 12.3. The molecule has 82 valence electrons. The summed E-state index contributed by atoms with van der Waals surface area (Å²) in [5, 5.41) is 8.70. The predicted octanol–water partition coefficient (Wildman–Crippen LogP) is -2.05. The molecule has 4 N–H and O–H groups in total. The van der Waals surface area contributed by atoms with Crippen molar-refractivity contribution in [3.05, 3.63) is 33.1 Å². The van der Waals surface area contributed by atoms with Crippen LogP contribution < -0.4 is 17.0 Å². The monoisotopic (exact) mass is 213 g/mol. The molecule has 0 saturated heterocycles. The van der Waals surface area contributed by atoms with Crippen LogP contribution in [0, 0.1) is 0 Å². The number of nitrogens with zero attached hydrogens (tertiary/aromatic N) is 1. The van der Waals surface area contributed by atoms with Gasteiger partial charge in [0.15, 0.2) is 0 Å². The second kappa shape index (κ2) is 4.56. The quantitative estimate of drug-likeness (QED) is 0.533. The lowest BCUT2D eigenvalue weighted by molar-refractivity contribution is -0.121. The molecule has 1 aromatic heterocycles. The third-order valence-corrected chi connectivity index (χ3v) is 1.92. The van der Waals surface area contributed by atoms with Gasteiger partial charge in [0, 0.05) is 25.3 Å². The summed E-state index contributed by atoms with van der Waals surface area (Å²) in [5.41, 5.74) is 3.79. The van der Waals surface area contributed by atoms with E-state index in [0.717, 1.165) is 10.6 Å². The fraction of sp³-hybridized carbons (Fsp3) is 0.375. The Labute approximate surface area is 84.2 Å². The minimum atomic E-state index is -0.945. The first-order chi connectivity index (χ1) is 7.06. The first kappa shape index (κ1) is 11.2. The number of aromatic nitrogens is 2. The number of primary amides is 1. The second-order valence-electron chi connectivity index (χ2n) is 2.95. The maximum absolute atomic E-state index is 11.3. The van der Waals surface area contributed by atoms with Gasteiger partial charge in [0.05, 0.1) is 0 Å². The Morgan fingerprint density at radius 2 is 2.27 bits per heavy atom. The summed E-state index contributed by atoms with van der Waals surface area (Å²) < 4.78 is 0.986. The topological polar surface area (TPSA) is 118 Å². The van der Waals surface area contributed by atoms with Gasteiger partial charge in [-0.15, -0.1) is 0 Å². The zero-order valence-corrected chi connectivity index (χ0v) is 7.84. The van der Waals surface area contributed by atoms with E-state index >= 15 is 0 Å². The largest absolute Gasteiger partial charge is 0.396 e. The van der Waals surface area contributed by atoms with E-state index < -0.39 is 23.2 Å². The van der Waals surface area contributed by atoms with Crippen LogP contribution in [0.25, 0.3) is 0 Å². The highest BCUT2D eigenvalue weighted by molar-refractivity contribution is 5.78. The number of nitrogens with two attached hydrogens (primary N) is 1. The van der Waals surface area contributed by atoms with Crippen molar-refractivity contribution in [2.75, 3.05) is 6.61 Å². The van der Waals surface area contributed by atoms with Crippen molar-refractivity contribution in [2.45, 2.75) is 12.5 Å². The minimum absolute atomic E-state index is 0.0291. The maximum atomic E-state index is 11.3. The lowest BCUT2D eigenvalue weighted by Gasteiger charge is -2.13. The summed E-state index contributed by atoms with van der Waals surface area (Å²) in [7, 11) is 0. The highest BCUT2D eigenvalue weighted by atomic mass is 16.3. The number of aromatic amines is 1. The number of nitrogens with one attached hydrogen (secondary N) is 1. The first-order valence-electron chi connectivity index (χ1n) is 4.28. The molecule has 1 unspecified atom stereocenters. The third kappa shape index (κ3) is 2.53. The zero-order valence-electron chi connectivity index (χ0n) is 7.84. The van der Waals surface area contributed by atoms with Crippen LogP contribution in [0.3, 0.4) is 0 Å². The van der Waals surface area contributed by atoms with E-state index in [0.29, 0.717) is 0 Å². The van der Waals surface area contributed by atoms with Crippen molar-refractivity contribution in [3.8, 4) is 0 Å². The average molecular weight is 213 g/mol. The molecular weight excluding hydrogens is 202 g/mol. The molecule has 0 aliphatic heterocycles. The molecule has 1 amide bonds. The van der Waals surface area contributed by atoms with Gasteiger partial charge < -0.3 is 10.8 Å². The van der Waals surface area contributed by atoms with Crippen LogP contribution in [0.15, 0.2) is 21.9 Å². The second-order valence-corrected chi connectivity index (χ2v) is 2.95. The van der Waals surface area contributed by atoms with Crippen molar-refractivity contribution >= 4 is 5.91 Å². The Bertz CT molecular complexity index is 461. The molecule has 0 spiro atoms. The molecule has 15 heavy (non-hydrogen) atoms. The van der Waals surface area contributed by atoms with E-state index in [-0.39, 0.29) is 13.0 Å². The van der Waals surface area contributed by atoms with Crippen molar-refractivity contribution in [1.29, 1.82) is 0 Å².